The largest absolute Gasteiger partial charge is 0.336 e. The van der Waals surface area contributed by atoms with E-state index in [2.05, 4.69) is 15.0 Å². The zero-order valence-corrected chi connectivity index (χ0v) is 11.0. The van der Waals surface area contributed by atoms with Gasteiger partial charge in [-0.15, -0.1) is 0 Å². The molecule has 0 aliphatic heterocycles. The summed E-state index contributed by atoms with van der Waals surface area (Å²) in [5.41, 5.74) is 0.988. The van der Waals surface area contributed by atoms with E-state index in [1.54, 1.807) is 0 Å². The molecule has 0 aliphatic carbocycles. The highest BCUT2D eigenvalue weighted by Crippen LogP contribution is 2.09. The van der Waals surface area contributed by atoms with Crippen molar-refractivity contribution in [2.24, 2.45) is 0 Å². The predicted octanol–water partition coefficient (Wildman–Crippen LogP) is 1.02. The van der Waals surface area contributed by atoms with Crippen LogP contribution in [0.5, 0.6) is 0 Å². The molecular weight excluding hydrogens is 256 g/mol. The molecule has 0 unspecified atom stereocenters. The molecule has 3 rings (SSSR count). The van der Waals surface area contributed by atoms with Gasteiger partial charge in [-0.3, -0.25) is 14.3 Å². The van der Waals surface area contributed by atoms with Crippen LogP contribution in [0.3, 0.4) is 0 Å². The number of aromatic nitrogens is 4. The second-order valence-corrected chi connectivity index (χ2v) is 4.55. The molecule has 3 aromatic rings. The Labute approximate surface area is 114 Å². The van der Waals surface area contributed by atoms with Crippen LogP contribution < -0.4 is 11.2 Å². The van der Waals surface area contributed by atoms with Crippen molar-refractivity contribution in [1.82, 2.24) is 19.5 Å². The van der Waals surface area contributed by atoms with Crippen molar-refractivity contribution < 1.29 is 0 Å². The van der Waals surface area contributed by atoms with E-state index in [9.17, 15) is 9.59 Å². The van der Waals surface area contributed by atoms with E-state index in [4.69, 9.17) is 0 Å². The summed E-state index contributed by atoms with van der Waals surface area (Å²) in [5.74, 6) is 0.671. The van der Waals surface area contributed by atoms with Gasteiger partial charge in [0.15, 0.2) is 5.65 Å². The SMILES string of the molecule is CCn1c(=O)[nH]c(=O)c2[nH]c(Cc3ccccc3)nc21. The fraction of sp³-hybridized carbons (Fsp3) is 0.214. The summed E-state index contributed by atoms with van der Waals surface area (Å²) in [6.45, 7) is 2.30. The van der Waals surface area contributed by atoms with Crippen LogP contribution in [-0.4, -0.2) is 19.5 Å². The van der Waals surface area contributed by atoms with Crippen LogP contribution in [0.4, 0.5) is 0 Å². The number of aryl methyl sites for hydroxylation is 1. The van der Waals surface area contributed by atoms with Gasteiger partial charge in [0.25, 0.3) is 5.56 Å². The van der Waals surface area contributed by atoms with Gasteiger partial charge in [0, 0.05) is 13.0 Å². The first-order valence-electron chi connectivity index (χ1n) is 6.44. The maximum atomic E-state index is 11.8. The minimum atomic E-state index is -0.429. The van der Waals surface area contributed by atoms with Crippen LogP contribution in [-0.2, 0) is 13.0 Å². The van der Waals surface area contributed by atoms with Crippen molar-refractivity contribution in [1.29, 1.82) is 0 Å². The van der Waals surface area contributed by atoms with Gasteiger partial charge in [-0.1, -0.05) is 30.3 Å². The Morgan fingerprint density at radius 2 is 1.90 bits per heavy atom. The summed E-state index contributed by atoms with van der Waals surface area (Å²) in [7, 11) is 0. The maximum absolute atomic E-state index is 11.8. The van der Waals surface area contributed by atoms with Gasteiger partial charge in [-0.05, 0) is 12.5 Å². The van der Waals surface area contributed by atoms with Crippen LogP contribution in [0.25, 0.3) is 11.2 Å². The van der Waals surface area contributed by atoms with Gasteiger partial charge in [0.05, 0.1) is 0 Å². The quantitative estimate of drug-likeness (QED) is 0.745. The Kier molecular flexibility index (Phi) is 2.98. The highest BCUT2D eigenvalue weighted by atomic mass is 16.2. The Morgan fingerprint density at radius 1 is 1.15 bits per heavy atom. The fourth-order valence-corrected chi connectivity index (χ4v) is 2.26. The molecule has 102 valence electrons. The Morgan fingerprint density at radius 3 is 2.60 bits per heavy atom. The van der Waals surface area contributed by atoms with E-state index in [-0.39, 0.29) is 0 Å². The second kappa shape index (κ2) is 4.80. The van der Waals surface area contributed by atoms with Crippen molar-refractivity contribution >= 4 is 11.2 Å². The normalized spacial score (nSPS) is 11.1. The van der Waals surface area contributed by atoms with Gasteiger partial charge in [0.2, 0.25) is 0 Å². The standard InChI is InChI=1S/C14H14N4O2/c1-2-18-12-11(13(19)17-14(18)20)15-10(16-12)8-9-6-4-3-5-7-9/h3-7H,2,8H2,1H3,(H,15,16)(H,17,19,20). The zero-order chi connectivity index (χ0) is 14.1. The van der Waals surface area contributed by atoms with E-state index < -0.39 is 11.2 Å². The maximum Gasteiger partial charge on any atom is 0.330 e. The molecule has 1 aromatic carbocycles. The zero-order valence-electron chi connectivity index (χ0n) is 11.0. The summed E-state index contributed by atoms with van der Waals surface area (Å²) in [4.78, 5) is 33.2. The third kappa shape index (κ3) is 2.05. The van der Waals surface area contributed by atoms with E-state index in [0.717, 1.165) is 5.56 Å². The number of rotatable bonds is 3. The molecule has 0 spiro atoms. The Hall–Kier alpha value is -2.63. The van der Waals surface area contributed by atoms with Crippen molar-refractivity contribution in [2.45, 2.75) is 19.9 Å². The lowest BCUT2D eigenvalue weighted by Crippen LogP contribution is -2.29. The molecule has 20 heavy (non-hydrogen) atoms. The third-order valence-electron chi connectivity index (χ3n) is 3.21. The van der Waals surface area contributed by atoms with E-state index in [1.807, 2.05) is 37.3 Å². The summed E-state index contributed by atoms with van der Waals surface area (Å²) in [6.07, 6.45) is 0.590. The number of imidazole rings is 1. The average Bonchev–Trinajstić information content (AvgIpc) is 2.84. The molecule has 0 aliphatic rings. The van der Waals surface area contributed by atoms with Crippen molar-refractivity contribution in [3.63, 3.8) is 0 Å². The van der Waals surface area contributed by atoms with E-state index in [0.29, 0.717) is 30.0 Å². The van der Waals surface area contributed by atoms with E-state index >= 15 is 0 Å². The Balaban J connectivity index is 2.13. The lowest BCUT2D eigenvalue weighted by molar-refractivity contribution is 0.719. The fourth-order valence-electron chi connectivity index (χ4n) is 2.26. The van der Waals surface area contributed by atoms with Crippen molar-refractivity contribution in [3.8, 4) is 0 Å². The molecule has 0 fully saturated rings. The minimum absolute atomic E-state index is 0.345. The number of hydrogen-bond donors (Lipinski definition) is 2. The summed E-state index contributed by atoms with van der Waals surface area (Å²) < 4.78 is 1.45. The predicted molar refractivity (Wildman–Crippen MR) is 75.9 cm³/mol. The highest BCUT2D eigenvalue weighted by Gasteiger charge is 2.12. The number of nitrogens with zero attached hydrogens (tertiary/aromatic N) is 2. The molecule has 0 saturated heterocycles. The number of aromatic amines is 2. The van der Waals surface area contributed by atoms with Crippen molar-refractivity contribution in [2.75, 3.05) is 0 Å². The summed E-state index contributed by atoms with van der Waals surface area (Å²) >= 11 is 0. The molecular formula is C14H14N4O2. The molecule has 2 aromatic heterocycles. The monoisotopic (exact) mass is 270 g/mol. The van der Waals surface area contributed by atoms with Gasteiger partial charge < -0.3 is 4.98 Å². The van der Waals surface area contributed by atoms with E-state index in [1.165, 1.54) is 4.57 Å². The molecule has 2 N–H and O–H groups in total. The molecule has 0 amide bonds. The third-order valence-corrected chi connectivity index (χ3v) is 3.21. The highest BCUT2D eigenvalue weighted by molar-refractivity contribution is 5.69. The van der Waals surface area contributed by atoms with Crippen LogP contribution in [0.1, 0.15) is 18.3 Å². The number of fused-ring (bicyclic) bond motifs is 1. The van der Waals surface area contributed by atoms with Crippen LogP contribution in [0.15, 0.2) is 39.9 Å². The number of H-pyrrole nitrogens is 2. The first-order chi connectivity index (χ1) is 9.69. The number of nitrogens with one attached hydrogen (secondary N) is 2. The topological polar surface area (TPSA) is 83.5 Å². The smallest absolute Gasteiger partial charge is 0.330 e. The molecule has 0 saturated carbocycles. The number of hydrogen-bond acceptors (Lipinski definition) is 3. The lowest BCUT2D eigenvalue weighted by Gasteiger charge is -1.99. The molecule has 2 heterocycles. The molecule has 6 heteroatoms. The average molecular weight is 270 g/mol. The van der Waals surface area contributed by atoms with Crippen LogP contribution >= 0.6 is 0 Å². The lowest BCUT2D eigenvalue weighted by atomic mass is 10.1. The van der Waals surface area contributed by atoms with Crippen LogP contribution in [0, 0.1) is 0 Å². The summed E-state index contributed by atoms with van der Waals surface area (Å²) in [6, 6.07) is 9.83. The van der Waals surface area contributed by atoms with Gasteiger partial charge in [-0.25, -0.2) is 9.78 Å². The second-order valence-electron chi connectivity index (χ2n) is 4.55. The van der Waals surface area contributed by atoms with Crippen LogP contribution in [0.2, 0.25) is 0 Å². The molecule has 0 bridgehead atoms. The Bertz CT molecular complexity index is 858. The minimum Gasteiger partial charge on any atom is -0.336 e. The van der Waals surface area contributed by atoms with Crippen molar-refractivity contribution in [3.05, 3.63) is 62.6 Å². The molecule has 0 atom stereocenters. The molecule has 6 nitrogen and oxygen atoms in total. The summed E-state index contributed by atoms with van der Waals surface area (Å²) in [5, 5.41) is 0. The first kappa shape index (κ1) is 12.4. The van der Waals surface area contributed by atoms with Gasteiger partial charge in [0.1, 0.15) is 11.3 Å². The first-order valence-corrected chi connectivity index (χ1v) is 6.44. The van der Waals surface area contributed by atoms with Gasteiger partial charge in [-0.2, -0.15) is 0 Å². The number of benzene rings is 1. The van der Waals surface area contributed by atoms with Gasteiger partial charge >= 0.3 is 5.69 Å². The molecule has 0 radical (unpaired) electrons.